The second-order valence-electron chi connectivity index (χ2n) is 6.91. The van der Waals surface area contributed by atoms with E-state index in [1.54, 1.807) is 24.6 Å². The Balaban J connectivity index is 2.21. The van der Waals surface area contributed by atoms with Crippen molar-refractivity contribution in [2.45, 2.75) is 59.3 Å². The highest BCUT2D eigenvalue weighted by atomic mass is 35.5. The van der Waals surface area contributed by atoms with Crippen LogP contribution in [0.3, 0.4) is 0 Å². The van der Waals surface area contributed by atoms with E-state index in [2.05, 4.69) is 28.0 Å². The first-order chi connectivity index (χ1) is 11.3. The summed E-state index contributed by atoms with van der Waals surface area (Å²) < 4.78 is 1.61. The molecule has 2 atom stereocenters. The first-order valence-corrected chi connectivity index (χ1v) is 8.79. The van der Waals surface area contributed by atoms with E-state index in [0.29, 0.717) is 12.2 Å². The van der Waals surface area contributed by atoms with Gasteiger partial charge in [-0.15, -0.1) is 11.6 Å². The summed E-state index contributed by atoms with van der Waals surface area (Å²) in [5, 5.41) is 13.5. The second-order valence-corrected chi connectivity index (χ2v) is 7.18. The molecule has 2 amide bonds. The van der Waals surface area contributed by atoms with Gasteiger partial charge in [0, 0.05) is 24.4 Å². The zero-order chi connectivity index (χ0) is 17.9. The predicted molar refractivity (Wildman–Crippen MR) is 93.7 cm³/mol. The minimum absolute atomic E-state index is 0.0243. The summed E-state index contributed by atoms with van der Waals surface area (Å²) in [6, 6.07) is 1.88. The second kappa shape index (κ2) is 7.53. The molecule has 0 aliphatic carbocycles. The zero-order valence-corrected chi connectivity index (χ0v) is 15.4. The third kappa shape index (κ3) is 4.27. The van der Waals surface area contributed by atoms with Crippen LogP contribution in [0.25, 0.3) is 0 Å². The van der Waals surface area contributed by atoms with Crippen molar-refractivity contribution in [3.8, 4) is 0 Å². The first kappa shape index (κ1) is 18.7. The third-order valence-electron chi connectivity index (χ3n) is 4.05. The molecule has 0 aromatic carbocycles. The fourth-order valence-corrected chi connectivity index (χ4v) is 2.70. The van der Waals surface area contributed by atoms with Crippen molar-refractivity contribution in [3.05, 3.63) is 11.8 Å². The maximum absolute atomic E-state index is 12.4. The minimum Gasteiger partial charge on any atom is -0.322 e. The van der Waals surface area contributed by atoms with Crippen molar-refractivity contribution in [2.75, 3.05) is 11.2 Å². The van der Waals surface area contributed by atoms with Crippen LogP contribution >= 0.6 is 11.6 Å². The summed E-state index contributed by atoms with van der Waals surface area (Å²) in [6.45, 7) is 7.48. The van der Waals surface area contributed by atoms with Crippen LogP contribution < -0.4 is 16.0 Å². The average molecular weight is 356 g/mol. The Labute approximate surface area is 147 Å². The Hall–Kier alpha value is -1.60. The molecule has 8 heteroatoms. The molecule has 1 saturated heterocycles. The van der Waals surface area contributed by atoms with E-state index in [-0.39, 0.29) is 23.7 Å². The monoisotopic (exact) mass is 355 g/mol. The van der Waals surface area contributed by atoms with E-state index in [1.807, 2.05) is 6.92 Å². The number of nitrogens with zero attached hydrogens (tertiary/aromatic N) is 2. The van der Waals surface area contributed by atoms with Crippen LogP contribution in [0.4, 0.5) is 5.82 Å². The van der Waals surface area contributed by atoms with Gasteiger partial charge in [-0.05, 0) is 27.2 Å². The Morgan fingerprint density at radius 2 is 2.25 bits per heavy atom. The van der Waals surface area contributed by atoms with Crippen molar-refractivity contribution in [3.63, 3.8) is 0 Å². The molecule has 0 radical (unpaired) electrons. The molecule has 0 saturated carbocycles. The van der Waals surface area contributed by atoms with Gasteiger partial charge in [0.15, 0.2) is 6.29 Å². The van der Waals surface area contributed by atoms with Gasteiger partial charge in [-0.1, -0.05) is 13.3 Å². The molecular weight excluding hydrogens is 330 g/mol. The SMILES string of the molecule is CCCC1CC(=O)NC(n2nc(C)cc2NC(=O)C(C)(C)CCl)N1. The average Bonchev–Trinajstić information content (AvgIpc) is 2.87. The van der Waals surface area contributed by atoms with E-state index >= 15 is 0 Å². The van der Waals surface area contributed by atoms with Gasteiger partial charge in [-0.3, -0.25) is 14.9 Å². The number of rotatable bonds is 6. The lowest BCUT2D eigenvalue weighted by molar-refractivity contribution is -0.125. The van der Waals surface area contributed by atoms with Gasteiger partial charge in [0.05, 0.1) is 11.1 Å². The van der Waals surface area contributed by atoms with Crippen LogP contribution in [0.15, 0.2) is 6.07 Å². The van der Waals surface area contributed by atoms with Gasteiger partial charge in [-0.2, -0.15) is 5.10 Å². The van der Waals surface area contributed by atoms with E-state index in [4.69, 9.17) is 11.6 Å². The molecule has 1 aromatic heterocycles. The molecule has 1 fully saturated rings. The number of anilines is 1. The molecule has 3 N–H and O–H groups in total. The van der Waals surface area contributed by atoms with E-state index in [9.17, 15) is 9.59 Å². The quantitative estimate of drug-likeness (QED) is 0.682. The number of aromatic nitrogens is 2. The number of amides is 2. The molecule has 2 rings (SSSR count). The number of hydrogen-bond donors (Lipinski definition) is 3. The Morgan fingerprint density at radius 1 is 1.54 bits per heavy atom. The summed E-state index contributed by atoms with van der Waals surface area (Å²) in [6.07, 6.45) is 1.87. The van der Waals surface area contributed by atoms with Crippen molar-refractivity contribution in [2.24, 2.45) is 5.41 Å². The number of carbonyl (C=O) groups is 2. The Bertz CT molecular complexity index is 614. The van der Waals surface area contributed by atoms with E-state index in [1.165, 1.54) is 0 Å². The lowest BCUT2D eigenvalue weighted by atomic mass is 9.95. The molecule has 24 heavy (non-hydrogen) atoms. The number of halogens is 1. The number of alkyl halides is 1. The van der Waals surface area contributed by atoms with Crippen LogP contribution in [-0.2, 0) is 9.59 Å². The molecule has 0 spiro atoms. The Morgan fingerprint density at radius 3 is 2.88 bits per heavy atom. The summed E-state index contributed by atoms with van der Waals surface area (Å²) in [5.74, 6) is 0.531. The van der Waals surface area contributed by atoms with Crippen LogP contribution in [0.5, 0.6) is 0 Å². The summed E-state index contributed by atoms with van der Waals surface area (Å²) in [5.41, 5.74) is 0.0566. The highest BCUT2D eigenvalue weighted by Gasteiger charge is 2.31. The van der Waals surface area contributed by atoms with Crippen LogP contribution in [0.2, 0.25) is 0 Å². The zero-order valence-electron chi connectivity index (χ0n) is 14.6. The van der Waals surface area contributed by atoms with Gasteiger partial charge in [0.1, 0.15) is 5.82 Å². The van der Waals surface area contributed by atoms with Crippen molar-refractivity contribution < 1.29 is 9.59 Å². The lowest BCUT2D eigenvalue weighted by Gasteiger charge is -2.32. The normalized spacial score (nSPS) is 21.5. The van der Waals surface area contributed by atoms with Gasteiger partial charge >= 0.3 is 0 Å². The van der Waals surface area contributed by atoms with Crippen molar-refractivity contribution in [1.82, 2.24) is 20.4 Å². The van der Waals surface area contributed by atoms with E-state index < -0.39 is 11.7 Å². The molecule has 1 aliphatic rings. The lowest BCUT2D eigenvalue weighted by Crippen LogP contribution is -2.53. The van der Waals surface area contributed by atoms with Gasteiger partial charge < -0.3 is 10.6 Å². The molecule has 7 nitrogen and oxygen atoms in total. The maximum Gasteiger partial charge on any atom is 0.232 e. The van der Waals surface area contributed by atoms with Gasteiger partial charge in [0.2, 0.25) is 11.8 Å². The standard InChI is InChI=1S/C16H26ClN5O2/c1-5-6-11-8-13(23)20-15(18-11)22-12(7-10(2)21-22)19-14(24)16(3,4)9-17/h7,11,15,18H,5-6,8-9H2,1-4H3,(H,19,24)(H,20,23). The molecule has 134 valence electrons. The molecule has 2 unspecified atom stereocenters. The molecule has 2 heterocycles. The molecule has 1 aromatic rings. The highest BCUT2D eigenvalue weighted by molar-refractivity contribution is 6.20. The molecular formula is C16H26ClN5O2. The van der Waals surface area contributed by atoms with Crippen LogP contribution in [0.1, 0.15) is 52.0 Å². The minimum atomic E-state index is -0.696. The van der Waals surface area contributed by atoms with Crippen LogP contribution in [0, 0.1) is 12.3 Å². The topological polar surface area (TPSA) is 88.1 Å². The number of aryl methyl sites for hydroxylation is 1. The fourth-order valence-electron chi connectivity index (χ4n) is 2.58. The van der Waals surface area contributed by atoms with E-state index in [0.717, 1.165) is 18.5 Å². The predicted octanol–water partition coefficient (Wildman–Crippen LogP) is 2.13. The summed E-state index contributed by atoms with van der Waals surface area (Å²) in [7, 11) is 0. The largest absolute Gasteiger partial charge is 0.322 e. The van der Waals surface area contributed by atoms with Gasteiger partial charge in [-0.25, -0.2) is 4.68 Å². The van der Waals surface area contributed by atoms with Crippen molar-refractivity contribution >= 4 is 29.2 Å². The Kier molecular flexibility index (Phi) is 5.87. The summed E-state index contributed by atoms with van der Waals surface area (Å²) >= 11 is 5.87. The smallest absolute Gasteiger partial charge is 0.232 e. The highest BCUT2D eigenvalue weighted by Crippen LogP contribution is 2.23. The molecule has 0 bridgehead atoms. The maximum atomic E-state index is 12.4. The van der Waals surface area contributed by atoms with Gasteiger partial charge in [0.25, 0.3) is 0 Å². The van der Waals surface area contributed by atoms with Crippen molar-refractivity contribution in [1.29, 1.82) is 0 Å². The number of nitrogens with one attached hydrogen (secondary N) is 3. The summed E-state index contributed by atoms with van der Waals surface area (Å²) in [4.78, 5) is 24.4. The third-order valence-corrected chi connectivity index (χ3v) is 4.72. The first-order valence-electron chi connectivity index (χ1n) is 8.26. The number of hydrogen-bond acceptors (Lipinski definition) is 4. The fraction of sp³-hybridized carbons (Fsp3) is 0.688. The van der Waals surface area contributed by atoms with Crippen LogP contribution in [-0.4, -0.2) is 33.5 Å². The molecule has 1 aliphatic heterocycles. The number of carbonyl (C=O) groups excluding carboxylic acids is 2.